The summed E-state index contributed by atoms with van der Waals surface area (Å²) >= 11 is 0. The van der Waals surface area contributed by atoms with Crippen LogP contribution in [0.5, 0.6) is 0 Å². The van der Waals surface area contributed by atoms with Crippen molar-refractivity contribution in [3.05, 3.63) is 71.9 Å². The van der Waals surface area contributed by atoms with E-state index in [1.807, 2.05) is 67.6 Å². The Morgan fingerprint density at radius 3 is 2.23 bits per heavy atom. The first-order valence-corrected chi connectivity index (χ1v) is 11.9. The molecule has 1 heterocycles. The van der Waals surface area contributed by atoms with E-state index in [4.69, 9.17) is 14.0 Å². The van der Waals surface area contributed by atoms with Crippen LogP contribution in [-0.4, -0.2) is 29.9 Å². The number of carbonyl (C=O) groups is 2. The Morgan fingerprint density at radius 2 is 1.66 bits per heavy atom. The van der Waals surface area contributed by atoms with Gasteiger partial charge in [-0.3, -0.25) is 10.1 Å². The number of ether oxygens (including phenoxy) is 2. The zero-order valence-electron chi connectivity index (χ0n) is 20.0. The zero-order chi connectivity index (χ0) is 24.6. The molecule has 0 saturated heterocycles. The maximum atomic E-state index is 12.4. The number of carbonyl (C=O) groups excluding carboxylic acids is 2. The molecule has 1 saturated carbocycles. The number of anilines is 1. The molecule has 0 bridgehead atoms. The van der Waals surface area contributed by atoms with Crippen LogP contribution in [0.4, 0.5) is 10.5 Å². The molecule has 1 amide bonds. The second-order valence-electron chi connectivity index (χ2n) is 9.12. The monoisotopic (exact) mass is 472 g/mol. The highest BCUT2D eigenvalue weighted by Gasteiger charge is 2.45. The van der Waals surface area contributed by atoms with Crippen LogP contribution in [0.1, 0.15) is 37.9 Å². The lowest BCUT2D eigenvalue weighted by Crippen LogP contribution is -2.24. The Kier molecular flexibility index (Phi) is 5.93. The highest BCUT2D eigenvalue weighted by Crippen LogP contribution is 2.41. The molecule has 1 N–H and O–H groups in total. The summed E-state index contributed by atoms with van der Waals surface area (Å²) < 4.78 is 16.2. The number of amides is 1. The van der Waals surface area contributed by atoms with Crippen molar-refractivity contribution in [1.82, 2.24) is 5.16 Å². The van der Waals surface area contributed by atoms with Crippen LogP contribution in [-0.2, 0) is 19.7 Å². The standard InChI is InChI=1S/C28H28N2O5/c1-4-33-26(31)28(15-16-28)23-13-11-21(12-14-23)20-7-9-22(10-8-20)25-24(17(2)30-35-25)29-27(32)34-18(3)19-5-6-19/h7-16,18-19H,4-6H2,1-3H3,(H,29,32). The third-order valence-corrected chi connectivity index (χ3v) is 6.62. The lowest BCUT2D eigenvalue weighted by atomic mass is 9.91. The van der Waals surface area contributed by atoms with Crippen molar-refractivity contribution >= 4 is 17.7 Å². The number of hydrogen-bond donors (Lipinski definition) is 1. The average Bonchev–Trinajstić information content (AvgIpc) is 3.78. The van der Waals surface area contributed by atoms with E-state index in [-0.39, 0.29) is 12.1 Å². The highest BCUT2D eigenvalue weighted by atomic mass is 16.6. The minimum atomic E-state index is -0.719. The van der Waals surface area contributed by atoms with Gasteiger partial charge in [0, 0.05) is 5.56 Å². The lowest BCUT2D eigenvalue weighted by Gasteiger charge is -2.15. The van der Waals surface area contributed by atoms with E-state index >= 15 is 0 Å². The molecule has 5 rings (SSSR count). The van der Waals surface area contributed by atoms with E-state index in [2.05, 4.69) is 10.5 Å². The average molecular weight is 473 g/mol. The number of hydrogen-bond acceptors (Lipinski definition) is 6. The molecule has 2 aliphatic rings. The molecular weight excluding hydrogens is 444 g/mol. The fourth-order valence-corrected chi connectivity index (χ4v) is 4.21. The second kappa shape index (κ2) is 9.06. The van der Waals surface area contributed by atoms with Gasteiger partial charge in [0.25, 0.3) is 0 Å². The van der Waals surface area contributed by atoms with Crippen LogP contribution in [0, 0.1) is 12.8 Å². The maximum absolute atomic E-state index is 12.4. The Morgan fingerprint density at radius 1 is 1.06 bits per heavy atom. The summed E-state index contributed by atoms with van der Waals surface area (Å²) in [5.41, 5.74) is 4.09. The van der Waals surface area contributed by atoms with E-state index in [0.717, 1.165) is 35.1 Å². The molecule has 7 nitrogen and oxygen atoms in total. The van der Waals surface area contributed by atoms with Gasteiger partial charge in [-0.05, 0) is 56.2 Å². The number of aromatic nitrogens is 1. The fraction of sp³-hybridized carbons (Fsp3) is 0.321. The van der Waals surface area contributed by atoms with Crippen molar-refractivity contribution in [2.75, 3.05) is 11.9 Å². The number of esters is 1. The summed E-state index contributed by atoms with van der Waals surface area (Å²) in [6, 6.07) is 15.7. The largest absolute Gasteiger partial charge is 0.465 e. The van der Waals surface area contributed by atoms with Crippen LogP contribution in [0.25, 0.3) is 22.5 Å². The quantitative estimate of drug-likeness (QED) is 0.318. The molecule has 0 spiro atoms. The Labute approximate surface area is 204 Å². The second-order valence-corrected chi connectivity index (χ2v) is 9.12. The number of rotatable bonds is 8. The van der Waals surface area contributed by atoms with Crippen LogP contribution in [0.15, 0.2) is 65.2 Å². The first-order chi connectivity index (χ1) is 16.9. The first kappa shape index (κ1) is 22.9. The molecule has 0 radical (unpaired) electrons. The third-order valence-electron chi connectivity index (χ3n) is 6.62. The molecule has 1 aromatic heterocycles. The highest BCUT2D eigenvalue weighted by molar-refractivity contribution is 5.94. The maximum Gasteiger partial charge on any atom is 0.412 e. The van der Waals surface area contributed by atoms with Crippen LogP contribution in [0.3, 0.4) is 0 Å². The molecule has 180 valence electrons. The van der Waals surface area contributed by atoms with Crippen molar-refractivity contribution in [2.24, 2.45) is 5.92 Å². The summed E-state index contributed by atoms with van der Waals surface area (Å²) in [5, 5.41) is 6.83. The number of aryl methyl sites for hydroxylation is 1. The summed E-state index contributed by atoms with van der Waals surface area (Å²) in [4.78, 5) is 24.7. The summed E-state index contributed by atoms with van der Waals surface area (Å²) in [6.45, 7) is 5.86. The molecule has 35 heavy (non-hydrogen) atoms. The lowest BCUT2D eigenvalue weighted by molar-refractivity contribution is -0.145. The molecule has 1 unspecified atom stereocenters. The molecule has 1 atom stereocenters. The predicted octanol–water partition coefficient (Wildman–Crippen LogP) is 6.03. The van der Waals surface area contributed by atoms with Crippen LogP contribution >= 0.6 is 0 Å². The molecule has 2 aromatic carbocycles. The molecule has 7 heteroatoms. The Hall–Kier alpha value is -3.87. The molecule has 0 aliphatic heterocycles. The van der Waals surface area contributed by atoms with Crippen LogP contribution < -0.4 is 5.32 Å². The predicted molar refractivity (Wildman–Crippen MR) is 132 cm³/mol. The van der Waals surface area contributed by atoms with Gasteiger partial charge in [-0.2, -0.15) is 0 Å². The SMILES string of the molecule is CCOC(=O)C1(c2ccc(-c3ccc(-c4onc(C)c4NC(=O)OC(C)C4CC4)cc3)cc2)C=C1. The van der Waals surface area contributed by atoms with Gasteiger partial charge in [-0.1, -0.05) is 65.8 Å². The minimum absolute atomic E-state index is 0.104. The van der Waals surface area contributed by atoms with E-state index < -0.39 is 11.5 Å². The Balaban J connectivity index is 1.30. The molecule has 1 fully saturated rings. The fourth-order valence-electron chi connectivity index (χ4n) is 4.21. The van der Waals surface area contributed by atoms with Crippen molar-refractivity contribution in [3.63, 3.8) is 0 Å². The molecule has 3 aromatic rings. The smallest absolute Gasteiger partial charge is 0.412 e. The van der Waals surface area contributed by atoms with Gasteiger partial charge in [0.2, 0.25) is 0 Å². The normalized spacial score (nSPS) is 16.4. The number of benzene rings is 2. The number of nitrogens with zero attached hydrogens (tertiary/aromatic N) is 1. The van der Waals surface area contributed by atoms with Crippen LogP contribution in [0.2, 0.25) is 0 Å². The van der Waals surface area contributed by atoms with Gasteiger partial charge in [-0.25, -0.2) is 4.79 Å². The van der Waals surface area contributed by atoms with Gasteiger partial charge in [-0.15, -0.1) is 0 Å². The van der Waals surface area contributed by atoms with E-state index in [0.29, 0.717) is 29.7 Å². The van der Waals surface area contributed by atoms with Crippen molar-refractivity contribution < 1.29 is 23.6 Å². The Bertz CT molecular complexity index is 1260. The molecular formula is C28H28N2O5. The van der Waals surface area contributed by atoms with E-state index in [1.54, 1.807) is 13.8 Å². The minimum Gasteiger partial charge on any atom is -0.465 e. The molecule has 2 aliphatic carbocycles. The van der Waals surface area contributed by atoms with Crippen molar-refractivity contribution in [2.45, 2.75) is 45.1 Å². The number of nitrogens with one attached hydrogen (secondary N) is 1. The van der Waals surface area contributed by atoms with Crippen molar-refractivity contribution in [1.29, 1.82) is 0 Å². The van der Waals surface area contributed by atoms with Gasteiger partial charge in [0.05, 0.1) is 6.61 Å². The van der Waals surface area contributed by atoms with E-state index in [9.17, 15) is 9.59 Å². The summed E-state index contributed by atoms with van der Waals surface area (Å²) in [5.74, 6) is 0.702. The zero-order valence-corrected chi connectivity index (χ0v) is 20.0. The van der Waals surface area contributed by atoms with Gasteiger partial charge in [0.15, 0.2) is 5.76 Å². The summed E-state index contributed by atoms with van der Waals surface area (Å²) in [6.07, 6.45) is 5.32. The summed E-state index contributed by atoms with van der Waals surface area (Å²) in [7, 11) is 0. The topological polar surface area (TPSA) is 90.7 Å². The van der Waals surface area contributed by atoms with Crippen molar-refractivity contribution in [3.8, 4) is 22.5 Å². The first-order valence-electron chi connectivity index (χ1n) is 11.9. The van der Waals surface area contributed by atoms with E-state index in [1.165, 1.54) is 0 Å². The third kappa shape index (κ3) is 4.58. The van der Waals surface area contributed by atoms with Gasteiger partial charge >= 0.3 is 12.1 Å². The van der Waals surface area contributed by atoms with Gasteiger partial charge in [0.1, 0.15) is 22.9 Å². The van der Waals surface area contributed by atoms with Gasteiger partial charge < -0.3 is 14.0 Å².